The van der Waals surface area contributed by atoms with E-state index in [1.165, 1.54) is 4.90 Å². The number of carboxylic acids is 1. The Labute approximate surface area is 107 Å². The van der Waals surface area contributed by atoms with E-state index in [1.54, 1.807) is 0 Å². The maximum atomic E-state index is 10.3. The van der Waals surface area contributed by atoms with Crippen LogP contribution in [0.1, 0.15) is 19.3 Å². The average Bonchev–Trinajstić information content (AvgIpc) is 2.33. The number of aliphatic carboxylic acids is 1. The van der Waals surface area contributed by atoms with Crippen LogP contribution >= 0.6 is 11.8 Å². The van der Waals surface area contributed by atoms with Crippen LogP contribution in [0.15, 0.2) is 35.2 Å². The van der Waals surface area contributed by atoms with Crippen molar-refractivity contribution in [3.8, 4) is 0 Å². The van der Waals surface area contributed by atoms with E-state index in [4.69, 9.17) is 5.11 Å². The summed E-state index contributed by atoms with van der Waals surface area (Å²) in [6.07, 6.45) is 1.97. The largest absolute Gasteiger partial charge is 0.481 e. The van der Waals surface area contributed by atoms with Crippen molar-refractivity contribution >= 4 is 17.7 Å². The van der Waals surface area contributed by atoms with Gasteiger partial charge in [-0.2, -0.15) is 0 Å². The monoisotopic (exact) mass is 253 g/mol. The van der Waals surface area contributed by atoms with Crippen LogP contribution in [0.5, 0.6) is 0 Å². The number of rotatable bonds is 9. The first-order chi connectivity index (χ1) is 8.29. The maximum Gasteiger partial charge on any atom is 0.303 e. The molecule has 0 aliphatic carbocycles. The molecule has 0 aliphatic heterocycles. The molecule has 17 heavy (non-hydrogen) atoms. The zero-order chi connectivity index (χ0) is 12.3. The Kier molecular flexibility index (Phi) is 7.51. The number of hydrogen-bond donors (Lipinski definition) is 2. The molecule has 4 heteroatoms. The molecule has 0 aliphatic rings. The summed E-state index contributed by atoms with van der Waals surface area (Å²) < 4.78 is 0. The van der Waals surface area contributed by atoms with Crippen LogP contribution in [0.25, 0.3) is 0 Å². The normalized spacial score (nSPS) is 10.4. The van der Waals surface area contributed by atoms with E-state index in [0.717, 1.165) is 31.7 Å². The summed E-state index contributed by atoms with van der Waals surface area (Å²) in [5, 5.41) is 11.8. The first-order valence-electron chi connectivity index (χ1n) is 5.89. The minimum absolute atomic E-state index is 0.278. The highest BCUT2D eigenvalue weighted by Crippen LogP contribution is 2.15. The molecule has 0 heterocycles. The Hall–Kier alpha value is -1.00. The van der Waals surface area contributed by atoms with Crippen LogP contribution in [-0.2, 0) is 4.79 Å². The van der Waals surface area contributed by atoms with E-state index in [1.807, 2.05) is 30.0 Å². The van der Waals surface area contributed by atoms with Crippen LogP contribution in [0.2, 0.25) is 0 Å². The van der Waals surface area contributed by atoms with Gasteiger partial charge in [-0.1, -0.05) is 18.2 Å². The lowest BCUT2D eigenvalue weighted by atomic mass is 10.2. The molecule has 0 bridgehead atoms. The molecule has 3 nitrogen and oxygen atoms in total. The van der Waals surface area contributed by atoms with Crippen LogP contribution < -0.4 is 5.32 Å². The fourth-order valence-corrected chi connectivity index (χ4v) is 2.24. The highest BCUT2D eigenvalue weighted by Gasteiger charge is 1.96. The summed E-state index contributed by atoms with van der Waals surface area (Å²) in [4.78, 5) is 11.6. The van der Waals surface area contributed by atoms with Gasteiger partial charge in [0, 0.05) is 23.6 Å². The van der Waals surface area contributed by atoms with Gasteiger partial charge in [0.1, 0.15) is 0 Å². The molecule has 0 radical (unpaired) electrons. The highest BCUT2D eigenvalue weighted by atomic mass is 32.2. The zero-order valence-corrected chi connectivity index (χ0v) is 10.7. The van der Waals surface area contributed by atoms with Gasteiger partial charge in [0.05, 0.1) is 0 Å². The van der Waals surface area contributed by atoms with Crippen molar-refractivity contribution in [3.05, 3.63) is 30.3 Å². The summed E-state index contributed by atoms with van der Waals surface area (Å²) in [5.74, 6) is 0.341. The number of unbranched alkanes of at least 4 members (excludes halogenated alkanes) is 1. The van der Waals surface area contributed by atoms with Crippen LogP contribution in [0.4, 0.5) is 0 Å². The van der Waals surface area contributed by atoms with Crippen molar-refractivity contribution in [1.82, 2.24) is 5.32 Å². The molecule has 2 N–H and O–H groups in total. The topological polar surface area (TPSA) is 49.3 Å². The van der Waals surface area contributed by atoms with Gasteiger partial charge in [-0.05, 0) is 31.5 Å². The zero-order valence-electron chi connectivity index (χ0n) is 9.89. The second-order valence-electron chi connectivity index (χ2n) is 3.76. The summed E-state index contributed by atoms with van der Waals surface area (Å²) in [5.41, 5.74) is 0. The predicted octanol–water partition coefficient (Wildman–Crippen LogP) is 2.62. The first kappa shape index (κ1) is 14.1. The number of hydrogen-bond acceptors (Lipinski definition) is 3. The van der Waals surface area contributed by atoms with Crippen molar-refractivity contribution in [2.24, 2.45) is 0 Å². The molecule has 0 fully saturated rings. The van der Waals surface area contributed by atoms with Crippen LogP contribution in [0, 0.1) is 0 Å². The van der Waals surface area contributed by atoms with Crippen LogP contribution in [0.3, 0.4) is 0 Å². The summed E-state index contributed by atoms with van der Waals surface area (Å²) in [7, 11) is 0. The number of carbonyl (C=O) groups is 1. The maximum absolute atomic E-state index is 10.3. The third-order valence-corrected chi connectivity index (χ3v) is 3.30. The predicted molar refractivity (Wildman–Crippen MR) is 71.5 cm³/mol. The lowest BCUT2D eigenvalue weighted by molar-refractivity contribution is -0.137. The van der Waals surface area contributed by atoms with E-state index in [2.05, 4.69) is 17.4 Å². The number of carboxylic acid groups (broad SMARTS) is 1. The fraction of sp³-hybridized carbons (Fsp3) is 0.462. The number of benzene rings is 1. The summed E-state index contributed by atoms with van der Waals surface area (Å²) in [6, 6.07) is 10.3. The Bertz CT molecular complexity index is 316. The second-order valence-corrected chi connectivity index (χ2v) is 4.93. The van der Waals surface area contributed by atoms with E-state index >= 15 is 0 Å². The standard InChI is InChI=1S/C13H19NO2S/c15-13(16)8-4-5-9-14-10-11-17-12-6-2-1-3-7-12/h1-3,6-7,14H,4-5,8-11H2,(H,15,16). The van der Waals surface area contributed by atoms with Crippen molar-refractivity contribution in [2.45, 2.75) is 24.2 Å². The molecule has 1 aromatic carbocycles. The molecule has 0 spiro atoms. The average molecular weight is 253 g/mol. The summed E-state index contributed by atoms with van der Waals surface area (Å²) in [6.45, 7) is 1.87. The third kappa shape index (κ3) is 7.82. The quantitative estimate of drug-likeness (QED) is 0.524. The van der Waals surface area contributed by atoms with E-state index < -0.39 is 5.97 Å². The Morgan fingerprint density at radius 3 is 2.65 bits per heavy atom. The highest BCUT2D eigenvalue weighted by molar-refractivity contribution is 7.99. The lowest BCUT2D eigenvalue weighted by Gasteiger charge is -2.04. The van der Waals surface area contributed by atoms with Gasteiger partial charge < -0.3 is 10.4 Å². The third-order valence-electron chi connectivity index (χ3n) is 2.28. The lowest BCUT2D eigenvalue weighted by Crippen LogP contribution is -2.18. The van der Waals surface area contributed by atoms with Gasteiger partial charge in [0.25, 0.3) is 0 Å². The minimum Gasteiger partial charge on any atom is -0.481 e. The molecule has 0 aromatic heterocycles. The Morgan fingerprint density at radius 1 is 1.18 bits per heavy atom. The molecular formula is C13H19NO2S. The van der Waals surface area contributed by atoms with Gasteiger partial charge in [0.15, 0.2) is 0 Å². The smallest absolute Gasteiger partial charge is 0.303 e. The van der Waals surface area contributed by atoms with E-state index in [9.17, 15) is 4.79 Å². The molecule has 94 valence electrons. The fourth-order valence-electron chi connectivity index (χ4n) is 1.41. The van der Waals surface area contributed by atoms with Crippen molar-refractivity contribution < 1.29 is 9.90 Å². The number of nitrogens with one attached hydrogen (secondary N) is 1. The van der Waals surface area contributed by atoms with Gasteiger partial charge >= 0.3 is 5.97 Å². The van der Waals surface area contributed by atoms with Gasteiger partial charge in [-0.25, -0.2) is 0 Å². The molecule has 1 aromatic rings. The minimum atomic E-state index is -0.704. The van der Waals surface area contributed by atoms with Gasteiger partial charge in [-0.15, -0.1) is 11.8 Å². The van der Waals surface area contributed by atoms with E-state index in [-0.39, 0.29) is 6.42 Å². The van der Waals surface area contributed by atoms with Crippen molar-refractivity contribution in [2.75, 3.05) is 18.8 Å². The molecule has 1 rings (SSSR count). The molecule has 0 amide bonds. The Balaban J connectivity index is 1.90. The molecule has 0 saturated carbocycles. The first-order valence-corrected chi connectivity index (χ1v) is 6.88. The second kappa shape index (κ2) is 9.07. The van der Waals surface area contributed by atoms with E-state index in [0.29, 0.717) is 0 Å². The van der Waals surface area contributed by atoms with Crippen molar-refractivity contribution in [1.29, 1.82) is 0 Å². The Morgan fingerprint density at radius 2 is 1.94 bits per heavy atom. The molecule has 0 unspecified atom stereocenters. The van der Waals surface area contributed by atoms with Crippen molar-refractivity contribution in [3.63, 3.8) is 0 Å². The SMILES string of the molecule is O=C(O)CCCCNCCSc1ccccc1. The van der Waals surface area contributed by atoms with Gasteiger partial charge in [0.2, 0.25) is 0 Å². The number of thioether (sulfide) groups is 1. The summed E-state index contributed by atoms with van der Waals surface area (Å²) >= 11 is 1.83. The molecular weight excluding hydrogens is 234 g/mol. The molecule has 0 saturated heterocycles. The van der Waals surface area contributed by atoms with Crippen LogP contribution in [-0.4, -0.2) is 29.9 Å². The molecule has 0 atom stereocenters. The van der Waals surface area contributed by atoms with Gasteiger partial charge in [-0.3, -0.25) is 4.79 Å².